The molecule has 0 saturated carbocycles. The Morgan fingerprint density at radius 2 is 1.24 bits per heavy atom. The van der Waals surface area contributed by atoms with Gasteiger partial charge in [-0.25, -0.2) is 0 Å². The van der Waals surface area contributed by atoms with Crippen LogP contribution in [0.1, 0.15) is 71.1 Å². The quantitative estimate of drug-likeness (QED) is 0.345. The molecule has 3 nitrogen and oxygen atoms in total. The molecule has 0 radical (unpaired) electrons. The molecular formula is C14H31NO2. The lowest BCUT2D eigenvalue weighted by atomic mass is 10.1. The van der Waals surface area contributed by atoms with Crippen LogP contribution in [0.3, 0.4) is 0 Å². The maximum absolute atomic E-state index is 8.61. The van der Waals surface area contributed by atoms with E-state index in [4.69, 9.17) is 10.2 Å². The van der Waals surface area contributed by atoms with Gasteiger partial charge in [0, 0.05) is 6.54 Å². The lowest BCUT2D eigenvalue weighted by molar-refractivity contribution is -0.0370. The number of unbranched alkanes of at least 4 members (excludes halogenated alkanes) is 9. The predicted octanol–water partition coefficient (Wildman–Crippen LogP) is 2.81. The molecule has 0 spiro atoms. The van der Waals surface area contributed by atoms with Gasteiger partial charge in [-0.15, -0.1) is 0 Å². The van der Waals surface area contributed by atoms with E-state index in [1.165, 1.54) is 57.8 Å². The van der Waals surface area contributed by atoms with Gasteiger partial charge in [0.15, 0.2) is 6.29 Å². The van der Waals surface area contributed by atoms with Crippen LogP contribution in [-0.4, -0.2) is 29.6 Å². The van der Waals surface area contributed by atoms with Gasteiger partial charge in [-0.1, -0.05) is 64.7 Å². The minimum Gasteiger partial charge on any atom is -0.367 e. The summed E-state index contributed by atoms with van der Waals surface area (Å²) in [6.45, 7) is 3.44. The summed E-state index contributed by atoms with van der Waals surface area (Å²) in [6.07, 6.45) is 12.2. The molecule has 0 heterocycles. The highest BCUT2D eigenvalue weighted by Crippen LogP contribution is 2.10. The monoisotopic (exact) mass is 245 g/mol. The summed E-state index contributed by atoms with van der Waals surface area (Å²) in [6, 6.07) is 0. The summed E-state index contributed by atoms with van der Waals surface area (Å²) in [4.78, 5) is 0. The average molecular weight is 245 g/mol. The van der Waals surface area contributed by atoms with E-state index >= 15 is 0 Å². The number of hydrogen-bond donors (Lipinski definition) is 3. The first kappa shape index (κ1) is 16.9. The molecule has 3 heteroatoms. The van der Waals surface area contributed by atoms with E-state index < -0.39 is 6.29 Å². The zero-order valence-electron chi connectivity index (χ0n) is 11.5. The number of rotatable bonds is 13. The fraction of sp³-hybridized carbons (Fsp3) is 1.00. The molecule has 0 saturated heterocycles. The molecule has 17 heavy (non-hydrogen) atoms. The minimum absolute atomic E-state index is 0.289. The Morgan fingerprint density at radius 3 is 1.71 bits per heavy atom. The third-order valence-electron chi connectivity index (χ3n) is 3.03. The second-order valence-corrected chi connectivity index (χ2v) is 4.87. The van der Waals surface area contributed by atoms with Gasteiger partial charge in [0.05, 0.1) is 0 Å². The molecule has 0 bridgehead atoms. The Labute approximate surface area is 107 Å². The van der Waals surface area contributed by atoms with Crippen molar-refractivity contribution < 1.29 is 10.2 Å². The third kappa shape index (κ3) is 15.9. The summed E-state index contributed by atoms with van der Waals surface area (Å²) in [7, 11) is 0. The molecule has 0 aliphatic heterocycles. The number of hydrogen-bond acceptors (Lipinski definition) is 3. The van der Waals surface area contributed by atoms with E-state index in [2.05, 4.69) is 12.2 Å². The van der Waals surface area contributed by atoms with Crippen molar-refractivity contribution in [2.24, 2.45) is 0 Å². The van der Waals surface area contributed by atoms with Gasteiger partial charge >= 0.3 is 0 Å². The van der Waals surface area contributed by atoms with Gasteiger partial charge in [-0.3, -0.25) is 0 Å². The smallest absolute Gasteiger partial charge is 0.164 e. The fourth-order valence-electron chi connectivity index (χ4n) is 1.97. The third-order valence-corrected chi connectivity index (χ3v) is 3.03. The molecule has 0 aliphatic carbocycles. The first-order valence-corrected chi connectivity index (χ1v) is 7.34. The van der Waals surface area contributed by atoms with E-state index in [1.807, 2.05) is 0 Å². The van der Waals surface area contributed by atoms with E-state index in [0.29, 0.717) is 0 Å². The SMILES string of the molecule is CCCCCCCCCCCCNCC(O)O. The van der Waals surface area contributed by atoms with Gasteiger partial charge in [0.2, 0.25) is 0 Å². The molecule has 0 unspecified atom stereocenters. The van der Waals surface area contributed by atoms with Crippen LogP contribution in [0.2, 0.25) is 0 Å². The molecule has 0 aromatic heterocycles. The molecule has 104 valence electrons. The molecule has 0 aliphatic rings. The van der Waals surface area contributed by atoms with Crippen LogP contribution in [0.15, 0.2) is 0 Å². The van der Waals surface area contributed by atoms with Gasteiger partial charge in [-0.05, 0) is 13.0 Å². The maximum atomic E-state index is 8.61. The van der Waals surface area contributed by atoms with Crippen molar-refractivity contribution >= 4 is 0 Å². The Hall–Kier alpha value is -0.120. The average Bonchev–Trinajstić information content (AvgIpc) is 2.30. The number of aliphatic hydroxyl groups excluding tert-OH is 1. The molecule has 0 amide bonds. The van der Waals surface area contributed by atoms with Gasteiger partial charge < -0.3 is 15.5 Å². The molecule has 3 N–H and O–H groups in total. The standard InChI is InChI=1S/C14H31NO2/c1-2-3-4-5-6-7-8-9-10-11-12-15-13-14(16)17/h14-17H,2-13H2,1H3. The summed E-state index contributed by atoms with van der Waals surface area (Å²) < 4.78 is 0. The molecule has 0 aromatic carbocycles. The highest BCUT2D eigenvalue weighted by Gasteiger charge is 1.95. The van der Waals surface area contributed by atoms with E-state index in [0.717, 1.165) is 13.0 Å². The lowest BCUT2D eigenvalue weighted by Gasteiger charge is -2.06. The molecule has 0 rings (SSSR count). The molecule has 0 atom stereocenters. The maximum Gasteiger partial charge on any atom is 0.164 e. The fourth-order valence-corrected chi connectivity index (χ4v) is 1.97. The van der Waals surface area contributed by atoms with Crippen molar-refractivity contribution in [3.05, 3.63) is 0 Å². The Kier molecular flexibility index (Phi) is 13.8. The second-order valence-electron chi connectivity index (χ2n) is 4.87. The summed E-state index contributed by atoms with van der Waals surface area (Å²) >= 11 is 0. The number of nitrogens with one attached hydrogen (secondary N) is 1. The van der Waals surface area contributed by atoms with Crippen LogP contribution in [0.4, 0.5) is 0 Å². The van der Waals surface area contributed by atoms with Crippen molar-refractivity contribution in [3.63, 3.8) is 0 Å². The summed E-state index contributed by atoms with van der Waals surface area (Å²) in [5, 5.41) is 20.2. The van der Waals surface area contributed by atoms with Gasteiger partial charge in [0.1, 0.15) is 0 Å². The van der Waals surface area contributed by atoms with Crippen molar-refractivity contribution in [2.45, 2.75) is 77.4 Å². The molecule has 0 aromatic rings. The van der Waals surface area contributed by atoms with Crippen molar-refractivity contribution in [1.29, 1.82) is 0 Å². The van der Waals surface area contributed by atoms with Crippen LogP contribution < -0.4 is 5.32 Å². The first-order chi connectivity index (χ1) is 8.27. The summed E-state index contributed by atoms with van der Waals surface area (Å²) in [5.74, 6) is 0. The second kappa shape index (κ2) is 13.9. The zero-order chi connectivity index (χ0) is 12.8. The highest BCUT2D eigenvalue weighted by atomic mass is 16.5. The minimum atomic E-state index is -1.21. The number of aliphatic hydroxyl groups is 2. The Bertz CT molecular complexity index is 140. The molecular weight excluding hydrogens is 214 g/mol. The van der Waals surface area contributed by atoms with Gasteiger partial charge in [0.25, 0.3) is 0 Å². The van der Waals surface area contributed by atoms with Crippen molar-refractivity contribution in [1.82, 2.24) is 5.32 Å². The van der Waals surface area contributed by atoms with Gasteiger partial charge in [-0.2, -0.15) is 0 Å². The summed E-state index contributed by atoms with van der Waals surface area (Å²) in [5.41, 5.74) is 0. The topological polar surface area (TPSA) is 52.5 Å². The largest absolute Gasteiger partial charge is 0.367 e. The van der Waals surface area contributed by atoms with Crippen LogP contribution in [-0.2, 0) is 0 Å². The van der Waals surface area contributed by atoms with Crippen LogP contribution in [0.5, 0.6) is 0 Å². The Morgan fingerprint density at radius 1 is 0.765 bits per heavy atom. The van der Waals surface area contributed by atoms with Crippen LogP contribution in [0.25, 0.3) is 0 Å². The van der Waals surface area contributed by atoms with Crippen molar-refractivity contribution in [2.75, 3.05) is 13.1 Å². The van der Waals surface area contributed by atoms with E-state index in [9.17, 15) is 0 Å². The van der Waals surface area contributed by atoms with Crippen molar-refractivity contribution in [3.8, 4) is 0 Å². The zero-order valence-corrected chi connectivity index (χ0v) is 11.5. The normalized spacial score (nSPS) is 11.3. The molecule has 0 fully saturated rings. The van der Waals surface area contributed by atoms with Crippen LogP contribution in [0, 0.1) is 0 Å². The Balaban J connectivity index is 2.89. The predicted molar refractivity (Wildman–Crippen MR) is 72.9 cm³/mol. The van der Waals surface area contributed by atoms with Crippen LogP contribution >= 0.6 is 0 Å². The lowest BCUT2D eigenvalue weighted by Crippen LogP contribution is -2.26. The first-order valence-electron chi connectivity index (χ1n) is 7.34. The van der Waals surface area contributed by atoms with E-state index in [-0.39, 0.29) is 6.54 Å². The van der Waals surface area contributed by atoms with E-state index in [1.54, 1.807) is 0 Å². The highest BCUT2D eigenvalue weighted by molar-refractivity contribution is 4.51.